The van der Waals surface area contributed by atoms with Crippen molar-refractivity contribution in [1.29, 1.82) is 0 Å². The van der Waals surface area contributed by atoms with Gasteiger partial charge in [0.1, 0.15) is 0 Å². The fourth-order valence-electron chi connectivity index (χ4n) is 7.54. The van der Waals surface area contributed by atoms with Crippen LogP contribution in [0.25, 0.3) is 60.9 Å². The third-order valence-corrected chi connectivity index (χ3v) is 9.91. The van der Waals surface area contributed by atoms with Crippen molar-refractivity contribution < 1.29 is 0 Å². The van der Waals surface area contributed by atoms with E-state index in [0.717, 1.165) is 11.3 Å². The molecule has 0 saturated heterocycles. The minimum absolute atomic E-state index is 0.0739. The topological polar surface area (TPSA) is 29.3 Å². The predicted molar refractivity (Wildman–Crippen MR) is 193 cm³/mol. The zero-order chi connectivity index (χ0) is 30.8. The first-order chi connectivity index (χ1) is 22.6. The largest absolute Gasteiger partial charge is 0.346 e. The van der Waals surface area contributed by atoms with Crippen LogP contribution in [0.2, 0.25) is 0 Å². The van der Waals surface area contributed by atoms with Crippen LogP contribution in [0.15, 0.2) is 151 Å². The second-order valence-electron chi connectivity index (χ2n) is 12.9. The number of aromatic nitrogens is 1. The number of benzene rings is 6. The molecular formula is C43H33N3. The fourth-order valence-corrected chi connectivity index (χ4v) is 7.54. The molecule has 0 bridgehead atoms. The van der Waals surface area contributed by atoms with Gasteiger partial charge in [0, 0.05) is 28.1 Å². The first-order valence-electron chi connectivity index (χ1n) is 16.0. The van der Waals surface area contributed by atoms with Gasteiger partial charge in [0.2, 0.25) is 6.29 Å². The van der Waals surface area contributed by atoms with Crippen molar-refractivity contribution in [3.05, 3.63) is 162 Å². The van der Waals surface area contributed by atoms with Gasteiger partial charge in [0.15, 0.2) is 0 Å². The van der Waals surface area contributed by atoms with Crippen LogP contribution in [0.3, 0.4) is 0 Å². The van der Waals surface area contributed by atoms with Crippen molar-refractivity contribution in [2.24, 2.45) is 4.99 Å². The molecule has 1 aromatic heterocycles. The molecule has 0 saturated carbocycles. The number of rotatable bonds is 4. The maximum absolute atomic E-state index is 4.99. The summed E-state index contributed by atoms with van der Waals surface area (Å²) in [5.41, 5.74) is 14.8. The van der Waals surface area contributed by atoms with Gasteiger partial charge in [-0.3, -0.25) is 0 Å². The van der Waals surface area contributed by atoms with Crippen LogP contribution in [0.5, 0.6) is 0 Å². The quantitative estimate of drug-likeness (QED) is 0.217. The van der Waals surface area contributed by atoms with Gasteiger partial charge in [-0.15, -0.1) is 0 Å². The Bertz CT molecular complexity index is 2350. The van der Waals surface area contributed by atoms with Gasteiger partial charge in [-0.1, -0.05) is 129 Å². The molecule has 2 aliphatic rings. The molecule has 9 rings (SSSR count). The van der Waals surface area contributed by atoms with E-state index in [4.69, 9.17) is 4.99 Å². The summed E-state index contributed by atoms with van der Waals surface area (Å²) in [7, 11) is 0. The average molecular weight is 592 g/mol. The van der Waals surface area contributed by atoms with Gasteiger partial charge in [-0.05, 0) is 80.4 Å². The van der Waals surface area contributed by atoms with E-state index in [1.165, 1.54) is 66.3 Å². The molecular weight excluding hydrogens is 558 g/mol. The summed E-state index contributed by atoms with van der Waals surface area (Å²) in [4.78, 5) is 4.99. The standard InChI is InChI=1S/C43H33N3/c1-43(2)37-17-8-6-15-33(37)35-26-36-34-16-7-9-18-40(34)46(41(36)27-38(35)43)42-44-24-23-39(45-42)32-14-10-13-31(25-32)30-21-19-29(20-22-30)28-11-4-3-5-12-28/h3-27,42,45H,1-2H3. The minimum atomic E-state index is -0.277. The summed E-state index contributed by atoms with van der Waals surface area (Å²) >= 11 is 0. The Kier molecular flexibility index (Phi) is 5.91. The number of hydrogen-bond donors (Lipinski definition) is 1. The van der Waals surface area contributed by atoms with E-state index in [2.05, 4.69) is 169 Å². The zero-order valence-corrected chi connectivity index (χ0v) is 25.9. The zero-order valence-electron chi connectivity index (χ0n) is 25.9. The molecule has 3 nitrogen and oxygen atoms in total. The third kappa shape index (κ3) is 4.09. The van der Waals surface area contributed by atoms with Crippen LogP contribution in [-0.2, 0) is 5.41 Å². The molecule has 2 heterocycles. The first-order valence-corrected chi connectivity index (χ1v) is 16.0. The molecule has 1 atom stereocenters. The number of nitrogens with one attached hydrogen (secondary N) is 1. The second-order valence-corrected chi connectivity index (χ2v) is 12.9. The van der Waals surface area contributed by atoms with Gasteiger partial charge in [-0.2, -0.15) is 0 Å². The van der Waals surface area contributed by atoms with Crippen molar-refractivity contribution >= 4 is 33.7 Å². The van der Waals surface area contributed by atoms with E-state index < -0.39 is 0 Å². The highest BCUT2D eigenvalue weighted by Gasteiger charge is 2.36. The molecule has 0 amide bonds. The van der Waals surface area contributed by atoms with Gasteiger partial charge >= 0.3 is 0 Å². The first kappa shape index (κ1) is 26.7. The lowest BCUT2D eigenvalue weighted by molar-refractivity contribution is 0.510. The van der Waals surface area contributed by atoms with E-state index in [1.807, 2.05) is 6.21 Å². The van der Waals surface area contributed by atoms with E-state index in [9.17, 15) is 0 Å². The highest BCUT2D eigenvalue weighted by Crippen LogP contribution is 2.51. The van der Waals surface area contributed by atoms with Crippen LogP contribution in [0.1, 0.15) is 36.8 Å². The number of allylic oxidation sites excluding steroid dienone is 1. The van der Waals surface area contributed by atoms with E-state index >= 15 is 0 Å². The fraction of sp³-hybridized carbons (Fsp3) is 0.0930. The van der Waals surface area contributed by atoms with Crippen molar-refractivity contribution in [2.45, 2.75) is 25.6 Å². The minimum Gasteiger partial charge on any atom is -0.346 e. The van der Waals surface area contributed by atoms with Crippen molar-refractivity contribution in [3.8, 4) is 33.4 Å². The number of nitrogens with zero attached hydrogens (tertiary/aromatic N) is 2. The van der Waals surface area contributed by atoms with Crippen molar-refractivity contribution in [1.82, 2.24) is 9.88 Å². The Morgan fingerprint density at radius 2 is 1.22 bits per heavy atom. The summed E-state index contributed by atoms with van der Waals surface area (Å²) in [5.74, 6) is 0. The molecule has 220 valence electrons. The van der Waals surface area contributed by atoms with E-state index in [0.29, 0.717) is 0 Å². The second kappa shape index (κ2) is 10.2. The Balaban J connectivity index is 1.09. The Labute approximate surface area is 269 Å². The molecule has 7 aromatic rings. The normalized spacial score (nSPS) is 16.2. The van der Waals surface area contributed by atoms with Crippen LogP contribution < -0.4 is 5.32 Å². The highest BCUT2D eigenvalue weighted by molar-refractivity contribution is 6.10. The molecule has 0 radical (unpaired) electrons. The van der Waals surface area contributed by atoms with Crippen molar-refractivity contribution in [2.75, 3.05) is 0 Å². The molecule has 1 aliphatic heterocycles. The smallest absolute Gasteiger partial charge is 0.200 e. The lowest BCUT2D eigenvalue weighted by atomic mass is 9.82. The molecule has 1 unspecified atom stereocenters. The van der Waals surface area contributed by atoms with Gasteiger partial charge in [0.05, 0.1) is 11.0 Å². The highest BCUT2D eigenvalue weighted by atomic mass is 15.3. The summed E-state index contributed by atoms with van der Waals surface area (Å²) < 4.78 is 2.37. The maximum Gasteiger partial charge on any atom is 0.200 e. The van der Waals surface area contributed by atoms with E-state index in [-0.39, 0.29) is 11.7 Å². The third-order valence-electron chi connectivity index (χ3n) is 9.91. The average Bonchev–Trinajstić information content (AvgIpc) is 3.56. The Hall–Kier alpha value is -5.67. The number of hydrogen-bond acceptors (Lipinski definition) is 2. The van der Waals surface area contributed by atoms with Gasteiger partial charge < -0.3 is 9.88 Å². The Morgan fingerprint density at radius 1 is 0.543 bits per heavy atom. The summed E-state index contributed by atoms with van der Waals surface area (Å²) in [6.45, 7) is 4.69. The predicted octanol–water partition coefficient (Wildman–Crippen LogP) is 10.6. The van der Waals surface area contributed by atoms with Crippen LogP contribution in [0, 0.1) is 0 Å². The monoisotopic (exact) mass is 591 g/mol. The van der Waals surface area contributed by atoms with E-state index in [1.54, 1.807) is 0 Å². The molecule has 3 heteroatoms. The van der Waals surface area contributed by atoms with Crippen LogP contribution in [0.4, 0.5) is 0 Å². The lowest BCUT2D eigenvalue weighted by Gasteiger charge is -2.25. The number of para-hydroxylation sites is 1. The maximum atomic E-state index is 4.99. The number of aliphatic imine (C=N–C) groups is 1. The molecule has 46 heavy (non-hydrogen) atoms. The van der Waals surface area contributed by atoms with Crippen LogP contribution >= 0.6 is 0 Å². The SMILES string of the molecule is CC1(C)c2ccccc2-c2cc3c4ccccc4n(C4N=CC=C(c5cccc(-c6ccc(-c7ccccc7)cc6)c5)N4)c3cc21. The van der Waals surface area contributed by atoms with Gasteiger partial charge in [0.25, 0.3) is 0 Å². The summed E-state index contributed by atoms with van der Waals surface area (Å²) in [6.07, 6.45) is 3.76. The Morgan fingerprint density at radius 3 is 2.07 bits per heavy atom. The molecule has 1 N–H and O–H groups in total. The summed E-state index contributed by atoms with van der Waals surface area (Å²) in [6, 6.07) is 50.5. The summed E-state index contributed by atoms with van der Waals surface area (Å²) in [5, 5.41) is 6.30. The van der Waals surface area contributed by atoms with Gasteiger partial charge in [-0.25, -0.2) is 4.99 Å². The van der Waals surface area contributed by atoms with Crippen LogP contribution in [-0.4, -0.2) is 10.8 Å². The molecule has 0 spiro atoms. The molecule has 1 aliphatic carbocycles. The van der Waals surface area contributed by atoms with Crippen molar-refractivity contribution in [3.63, 3.8) is 0 Å². The lowest BCUT2D eigenvalue weighted by Crippen LogP contribution is -2.26. The number of fused-ring (bicyclic) bond motifs is 6. The molecule has 0 fully saturated rings. The molecule has 6 aromatic carbocycles.